The van der Waals surface area contributed by atoms with Gasteiger partial charge in [0, 0.05) is 13.1 Å². The summed E-state index contributed by atoms with van der Waals surface area (Å²) in [6.45, 7) is 0.852. The smallest absolute Gasteiger partial charge is 0.358 e. The lowest BCUT2D eigenvalue weighted by molar-refractivity contribution is 0.0491. The molecule has 0 bridgehead atoms. The zero-order valence-electron chi connectivity index (χ0n) is 10.7. The number of carboxylic acid groups (broad SMARTS) is 1. The topological polar surface area (TPSA) is 101 Å². The summed E-state index contributed by atoms with van der Waals surface area (Å²) in [4.78, 5) is 28.4. The van der Waals surface area contributed by atoms with Crippen LogP contribution in [0.5, 0.6) is 0 Å². The molecule has 0 spiro atoms. The number of amides is 1. The predicted octanol–water partition coefficient (Wildman–Crippen LogP) is 0.722. The summed E-state index contributed by atoms with van der Waals surface area (Å²) in [6, 6.07) is 4.78. The van der Waals surface area contributed by atoms with Crippen LogP contribution >= 0.6 is 11.6 Å². The summed E-state index contributed by atoms with van der Waals surface area (Å²) < 4.78 is 1.46. The molecule has 3 heterocycles. The van der Waals surface area contributed by atoms with Crippen molar-refractivity contribution in [3.8, 4) is 0 Å². The van der Waals surface area contributed by atoms with Gasteiger partial charge < -0.3 is 10.0 Å². The molecular formula is C12H10ClN5O3. The van der Waals surface area contributed by atoms with Gasteiger partial charge >= 0.3 is 5.97 Å². The van der Waals surface area contributed by atoms with E-state index in [0.29, 0.717) is 13.1 Å². The van der Waals surface area contributed by atoms with Crippen LogP contribution in [-0.2, 0) is 0 Å². The second-order valence-corrected chi connectivity index (χ2v) is 4.99. The van der Waals surface area contributed by atoms with Crippen molar-refractivity contribution in [1.82, 2.24) is 24.9 Å². The maximum Gasteiger partial charge on any atom is 0.358 e. The van der Waals surface area contributed by atoms with Gasteiger partial charge in [0.05, 0.1) is 12.2 Å². The van der Waals surface area contributed by atoms with Crippen LogP contribution in [0.2, 0.25) is 5.15 Å². The van der Waals surface area contributed by atoms with Crippen LogP contribution < -0.4 is 0 Å². The number of halogens is 1. The zero-order valence-corrected chi connectivity index (χ0v) is 11.4. The highest BCUT2D eigenvalue weighted by Crippen LogP contribution is 2.22. The molecule has 21 heavy (non-hydrogen) atoms. The fourth-order valence-electron chi connectivity index (χ4n) is 2.03. The third kappa shape index (κ3) is 2.57. The van der Waals surface area contributed by atoms with Gasteiger partial charge in [0.1, 0.15) is 10.8 Å². The SMILES string of the molecule is O=C(O)c1cn(C2CN(C(=O)c3cccc(Cl)n3)C2)nn1. The van der Waals surface area contributed by atoms with Gasteiger partial charge in [-0.3, -0.25) is 4.79 Å². The number of aromatic nitrogens is 4. The lowest BCUT2D eigenvalue weighted by Gasteiger charge is -2.38. The highest BCUT2D eigenvalue weighted by Gasteiger charge is 2.34. The minimum Gasteiger partial charge on any atom is -0.476 e. The van der Waals surface area contributed by atoms with Gasteiger partial charge in [0.15, 0.2) is 5.69 Å². The van der Waals surface area contributed by atoms with E-state index in [1.165, 1.54) is 10.9 Å². The molecule has 1 N–H and O–H groups in total. The molecule has 1 fully saturated rings. The van der Waals surface area contributed by atoms with Crippen LogP contribution in [0.25, 0.3) is 0 Å². The van der Waals surface area contributed by atoms with E-state index in [0.717, 1.165) is 0 Å². The first-order valence-electron chi connectivity index (χ1n) is 6.11. The second kappa shape index (κ2) is 5.13. The molecular weight excluding hydrogens is 298 g/mol. The molecule has 8 nitrogen and oxygen atoms in total. The number of carbonyl (C=O) groups is 2. The molecule has 2 aromatic heterocycles. The maximum absolute atomic E-state index is 12.1. The third-order valence-electron chi connectivity index (χ3n) is 3.19. The molecule has 1 amide bonds. The molecule has 0 saturated carbocycles. The van der Waals surface area contributed by atoms with Crippen molar-refractivity contribution >= 4 is 23.5 Å². The van der Waals surface area contributed by atoms with Crippen molar-refractivity contribution < 1.29 is 14.7 Å². The first kappa shape index (κ1) is 13.5. The van der Waals surface area contributed by atoms with Crippen LogP contribution in [0.3, 0.4) is 0 Å². The standard InChI is InChI=1S/C12H10ClN5O3/c13-10-3-1-2-8(14-10)11(19)17-4-7(5-17)18-6-9(12(20)21)15-16-18/h1-3,6-7H,4-5H2,(H,20,21). The third-order valence-corrected chi connectivity index (χ3v) is 3.40. The average Bonchev–Trinajstić information content (AvgIpc) is 2.86. The highest BCUT2D eigenvalue weighted by atomic mass is 35.5. The van der Waals surface area contributed by atoms with Crippen LogP contribution in [0.15, 0.2) is 24.4 Å². The Kier molecular flexibility index (Phi) is 3.30. The quantitative estimate of drug-likeness (QED) is 0.839. The lowest BCUT2D eigenvalue weighted by Crippen LogP contribution is -2.51. The summed E-state index contributed by atoms with van der Waals surface area (Å²) in [6.07, 6.45) is 1.35. The molecule has 1 aliphatic rings. The van der Waals surface area contributed by atoms with Gasteiger partial charge in [-0.15, -0.1) is 5.10 Å². The van der Waals surface area contributed by atoms with Crippen molar-refractivity contribution in [3.05, 3.63) is 40.9 Å². The molecule has 0 aromatic carbocycles. The molecule has 2 aromatic rings. The van der Waals surface area contributed by atoms with Crippen molar-refractivity contribution in [2.75, 3.05) is 13.1 Å². The summed E-state index contributed by atoms with van der Waals surface area (Å²) in [7, 11) is 0. The highest BCUT2D eigenvalue weighted by molar-refractivity contribution is 6.29. The number of hydrogen-bond donors (Lipinski definition) is 1. The van der Waals surface area contributed by atoms with Crippen molar-refractivity contribution in [3.63, 3.8) is 0 Å². The molecule has 1 saturated heterocycles. The molecule has 0 aliphatic carbocycles. The Bertz CT molecular complexity index is 710. The van der Waals surface area contributed by atoms with E-state index in [1.807, 2.05) is 0 Å². The number of carbonyl (C=O) groups excluding carboxylic acids is 1. The molecule has 0 radical (unpaired) electrons. The molecule has 0 atom stereocenters. The van der Waals surface area contributed by atoms with Gasteiger partial charge in [0.2, 0.25) is 0 Å². The van der Waals surface area contributed by atoms with E-state index in [-0.39, 0.29) is 28.5 Å². The predicted molar refractivity (Wildman–Crippen MR) is 71.2 cm³/mol. The zero-order chi connectivity index (χ0) is 15.0. The Hall–Kier alpha value is -2.48. The second-order valence-electron chi connectivity index (χ2n) is 4.60. The average molecular weight is 308 g/mol. The summed E-state index contributed by atoms with van der Waals surface area (Å²) >= 11 is 5.75. The normalized spacial score (nSPS) is 14.8. The number of hydrogen-bond acceptors (Lipinski definition) is 5. The van der Waals surface area contributed by atoms with Gasteiger partial charge in [-0.2, -0.15) is 0 Å². The van der Waals surface area contributed by atoms with Crippen molar-refractivity contribution in [2.45, 2.75) is 6.04 Å². The molecule has 9 heteroatoms. The van der Waals surface area contributed by atoms with Crippen molar-refractivity contribution in [1.29, 1.82) is 0 Å². The minimum atomic E-state index is -1.13. The number of aromatic carboxylic acids is 1. The van der Waals surface area contributed by atoms with E-state index >= 15 is 0 Å². The minimum absolute atomic E-state index is 0.0752. The Balaban J connectivity index is 1.65. The van der Waals surface area contributed by atoms with Gasteiger partial charge in [-0.05, 0) is 12.1 Å². The fraction of sp³-hybridized carbons (Fsp3) is 0.250. The van der Waals surface area contributed by atoms with Crippen LogP contribution in [0, 0.1) is 0 Å². The number of nitrogens with zero attached hydrogens (tertiary/aromatic N) is 5. The molecule has 0 unspecified atom stereocenters. The number of likely N-dealkylation sites (tertiary alicyclic amines) is 1. The largest absolute Gasteiger partial charge is 0.476 e. The summed E-state index contributed by atoms with van der Waals surface area (Å²) in [5, 5.41) is 16.3. The Morgan fingerprint density at radius 3 is 2.67 bits per heavy atom. The first-order valence-corrected chi connectivity index (χ1v) is 6.49. The van der Waals surface area contributed by atoms with Gasteiger partial charge in [0.25, 0.3) is 5.91 Å². The lowest BCUT2D eigenvalue weighted by atomic mass is 10.1. The number of rotatable bonds is 3. The first-order chi connectivity index (χ1) is 10.0. The Labute approximate surface area is 124 Å². The maximum atomic E-state index is 12.1. The molecule has 1 aliphatic heterocycles. The number of carboxylic acids is 1. The van der Waals surface area contributed by atoms with E-state index < -0.39 is 5.97 Å². The summed E-state index contributed by atoms with van der Waals surface area (Å²) in [5.41, 5.74) is 0.169. The van der Waals surface area contributed by atoms with E-state index in [1.54, 1.807) is 23.1 Å². The Morgan fingerprint density at radius 2 is 2.05 bits per heavy atom. The van der Waals surface area contributed by atoms with Crippen LogP contribution in [0.1, 0.15) is 27.0 Å². The fourth-order valence-corrected chi connectivity index (χ4v) is 2.19. The van der Waals surface area contributed by atoms with E-state index in [2.05, 4.69) is 15.3 Å². The molecule has 3 rings (SSSR count). The van der Waals surface area contributed by atoms with Crippen LogP contribution in [-0.4, -0.2) is 55.0 Å². The monoisotopic (exact) mass is 307 g/mol. The van der Waals surface area contributed by atoms with Crippen molar-refractivity contribution in [2.24, 2.45) is 0 Å². The number of pyridine rings is 1. The Morgan fingerprint density at radius 1 is 1.29 bits per heavy atom. The van der Waals surface area contributed by atoms with E-state index in [4.69, 9.17) is 16.7 Å². The van der Waals surface area contributed by atoms with E-state index in [9.17, 15) is 9.59 Å². The van der Waals surface area contributed by atoms with Crippen LogP contribution in [0.4, 0.5) is 0 Å². The van der Waals surface area contributed by atoms with Gasteiger partial charge in [-0.25, -0.2) is 14.5 Å². The molecule has 108 valence electrons. The summed E-state index contributed by atoms with van der Waals surface area (Å²) in [5.74, 6) is -1.34. The van der Waals surface area contributed by atoms with Gasteiger partial charge in [-0.1, -0.05) is 22.9 Å².